The first kappa shape index (κ1) is 45.6. The number of hydrogen-bond donors (Lipinski definition) is 0. The summed E-state index contributed by atoms with van der Waals surface area (Å²) in [5, 5.41) is 0. The Morgan fingerprint density at radius 3 is 0.797 bits per heavy atom. The van der Waals surface area contributed by atoms with Crippen molar-refractivity contribution in [2.24, 2.45) is 0 Å². The van der Waals surface area contributed by atoms with Gasteiger partial charge in [-0.25, -0.2) is 4.79 Å². The molecular weight excluding hydrogens is 953 g/mol. The molecule has 0 aromatic rings. The molecule has 0 unspecified atom stereocenters. The van der Waals surface area contributed by atoms with Gasteiger partial charge in [0.2, 0.25) is 0 Å². The van der Waals surface area contributed by atoms with Crippen molar-refractivity contribution in [1.82, 2.24) is 0 Å². The van der Waals surface area contributed by atoms with Gasteiger partial charge in [-0.15, -0.1) is 0 Å². The zero-order chi connectivity index (χ0) is 43.3. The van der Waals surface area contributed by atoms with E-state index in [1.807, 2.05) is 0 Å². The van der Waals surface area contributed by atoms with Crippen LogP contribution in [0.3, 0.4) is 0 Å². The first-order valence-corrected chi connectivity index (χ1v) is 40.8. The van der Waals surface area contributed by atoms with E-state index in [0.717, 1.165) is 180 Å². The van der Waals surface area contributed by atoms with Gasteiger partial charge in [-0.2, -0.15) is 0 Å². The molecule has 7 aliphatic carbocycles. The molecule has 13 fully saturated rings. The number of carbonyl (C=O) groups is 1. The largest absolute Gasteiger partial charge is 0.482 e. The third-order valence-electron chi connectivity index (χ3n) is 17.6. The van der Waals surface area contributed by atoms with Crippen LogP contribution in [0.5, 0.6) is 0 Å². The van der Waals surface area contributed by atoms with Gasteiger partial charge in [-0.3, -0.25) is 0 Å². The molecule has 64 heavy (non-hydrogen) atoms. The molecule has 8 bridgehead atoms. The predicted octanol–water partition coefficient (Wildman–Crippen LogP) is 10.9. The molecular formula is C42H74O14Si8. The van der Waals surface area contributed by atoms with E-state index in [0.29, 0.717) is 18.0 Å². The highest BCUT2D eigenvalue weighted by molar-refractivity contribution is 7.04. The first-order valence-electron chi connectivity index (χ1n) is 26.3. The fourth-order valence-electron chi connectivity index (χ4n) is 14.4. The first-order chi connectivity index (χ1) is 31.0. The van der Waals surface area contributed by atoms with E-state index in [-0.39, 0.29) is 45.4 Å². The van der Waals surface area contributed by atoms with Gasteiger partial charge < -0.3 is 54.1 Å². The number of ether oxygens (including phenoxy) is 1. The van der Waals surface area contributed by atoms with Gasteiger partial charge in [-0.1, -0.05) is 96.5 Å². The molecule has 0 aromatic carbocycles. The van der Waals surface area contributed by atoms with E-state index in [1.165, 1.54) is 0 Å². The molecule has 0 radical (unpaired) electrons. The Bertz CT molecular complexity index is 1580. The summed E-state index contributed by atoms with van der Waals surface area (Å²) in [7, 11) is -31.9. The van der Waals surface area contributed by atoms with E-state index < -0.39 is 76.4 Å². The minimum atomic E-state index is -4.10. The summed E-state index contributed by atoms with van der Waals surface area (Å²) in [4.78, 5) is 12.9. The van der Waals surface area contributed by atoms with Crippen molar-refractivity contribution in [3.63, 3.8) is 0 Å². The molecule has 13 rings (SSSR count). The van der Waals surface area contributed by atoms with Crippen molar-refractivity contribution in [2.75, 3.05) is 6.61 Å². The van der Waals surface area contributed by atoms with E-state index in [2.05, 4.69) is 6.58 Å². The maximum absolute atomic E-state index is 12.9. The second-order valence-corrected chi connectivity index (χ2v) is 47.9. The van der Waals surface area contributed by atoms with Gasteiger partial charge in [-0.05, 0) is 103 Å². The monoisotopic (exact) mass is 1030 g/mol. The normalized spacial score (nSPS) is 46.3. The lowest BCUT2D eigenvalue weighted by atomic mass is 10.4. The average molecular weight is 1030 g/mol. The van der Waals surface area contributed by atoms with Gasteiger partial charge in [0.15, 0.2) is 0 Å². The summed E-state index contributed by atoms with van der Waals surface area (Å²) in [5.41, 5.74) is 0.424. The quantitative estimate of drug-likeness (QED) is 0.0793. The molecule has 14 nitrogen and oxygen atoms in total. The van der Waals surface area contributed by atoms with Gasteiger partial charge in [0, 0.05) is 50.4 Å². The fraction of sp³-hybridized carbons (Fsp3) is 0.929. The van der Waals surface area contributed by atoms with Crippen molar-refractivity contribution < 1.29 is 58.9 Å². The molecule has 0 N–H and O–H groups in total. The molecule has 0 spiro atoms. The summed E-state index contributed by atoms with van der Waals surface area (Å²) in [6, 6.07) is 0.365. The van der Waals surface area contributed by atoms with Gasteiger partial charge in [0.05, 0.1) is 6.61 Å². The fourth-order valence-corrected chi connectivity index (χ4v) is 70.5. The minimum absolute atomic E-state index is 0.0173. The smallest absolute Gasteiger partial charge is 0.462 e. The Labute approximate surface area is 390 Å². The van der Waals surface area contributed by atoms with E-state index in [1.54, 1.807) is 6.92 Å². The van der Waals surface area contributed by atoms with Crippen molar-refractivity contribution in [3.8, 4) is 0 Å². The number of carbonyl (C=O) groups excluding carboxylic acids is 1. The topological polar surface area (TPSA) is 137 Å². The van der Waals surface area contributed by atoms with Crippen LogP contribution in [0.4, 0.5) is 0 Å². The molecule has 6 heterocycles. The standard InChI is InChI=1S/C42H74O14Si8/c1-34(2)42(43)44-32-17-33-57-45-58(35-18-3-4-19-35)48-61(38-24-9-10-25-38)50-59(46-57,36-20-5-6-21-36)52-63(40-28-13-14-29-40)53-60(47-57,37-22-7-8-23-37)51-62(49-58,39-26-11-12-27-39)55-64(54-61,56-63)41-30-15-16-31-41/h35-41H,1,3-33H2,2H3. The summed E-state index contributed by atoms with van der Waals surface area (Å²) >= 11 is 0. The van der Waals surface area contributed by atoms with Crippen LogP contribution < -0.4 is 0 Å². The molecule has 0 aromatic heterocycles. The molecule has 358 valence electrons. The van der Waals surface area contributed by atoms with Gasteiger partial charge in [0.1, 0.15) is 0 Å². The molecule has 0 atom stereocenters. The van der Waals surface area contributed by atoms with Crippen LogP contribution in [0.15, 0.2) is 12.2 Å². The molecule has 6 aliphatic heterocycles. The lowest BCUT2D eigenvalue weighted by Gasteiger charge is -2.66. The summed E-state index contributed by atoms with van der Waals surface area (Å²) in [5.74, 6) is -0.403. The Hall–Kier alpha value is 0.465. The SMILES string of the molecule is C=C(C)C(=O)OCCC[Si]12O[Si]3(C4CCCC4)O[Si]4(C5CCCC5)O[Si](C5CCCC5)(O1)O[Si]1(C5CCCC5)O[Si](C5CCCC5)(O2)O[Si](C2CCCC2)(O3)O[Si](C2CCCC2)(O4)O1. The van der Waals surface area contributed by atoms with Crippen molar-refractivity contribution in [3.05, 3.63) is 12.2 Å². The highest BCUT2D eigenvalue weighted by atomic mass is 28.6. The maximum Gasteiger partial charge on any atom is 0.482 e. The molecule has 22 heteroatoms. The molecule has 0 amide bonds. The second-order valence-electron chi connectivity index (χ2n) is 22.0. The molecule has 6 saturated heterocycles. The number of hydrogen-bond acceptors (Lipinski definition) is 14. The van der Waals surface area contributed by atoms with Crippen LogP contribution in [0.25, 0.3) is 0 Å². The Balaban J connectivity index is 1.14. The van der Waals surface area contributed by atoms with Crippen LogP contribution in [-0.4, -0.2) is 83.0 Å². The summed E-state index contributed by atoms with van der Waals surface area (Å²) < 4.78 is 107. The van der Waals surface area contributed by atoms with Crippen LogP contribution in [-0.2, 0) is 58.9 Å². The Kier molecular flexibility index (Phi) is 12.4. The zero-order valence-electron chi connectivity index (χ0n) is 38.4. The maximum atomic E-state index is 12.9. The minimum Gasteiger partial charge on any atom is -0.462 e. The summed E-state index contributed by atoms with van der Waals surface area (Å²) in [6.45, 7) is 5.72. The van der Waals surface area contributed by atoms with E-state index in [9.17, 15) is 4.79 Å². The van der Waals surface area contributed by atoms with Crippen LogP contribution >= 0.6 is 0 Å². The van der Waals surface area contributed by atoms with Crippen LogP contribution in [0, 0.1) is 0 Å². The zero-order valence-corrected chi connectivity index (χ0v) is 46.4. The lowest BCUT2D eigenvalue weighted by molar-refractivity contribution is -0.139. The van der Waals surface area contributed by atoms with E-state index >= 15 is 0 Å². The van der Waals surface area contributed by atoms with Crippen LogP contribution in [0.2, 0.25) is 44.8 Å². The molecule has 7 saturated carbocycles. The van der Waals surface area contributed by atoms with Gasteiger partial charge >= 0.3 is 76.4 Å². The predicted molar refractivity (Wildman–Crippen MR) is 250 cm³/mol. The number of rotatable bonds is 12. The Morgan fingerprint density at radius 2 is 0.594 bits per heavy atom. The van der Waals surface area contributed by atoms with E-state index in [4.69, 9.17) is 54.1 Å². The third kappa shape index (κ3) is 7.67. The highest BCUT2D eigenvalue weighted by Gasteiger charge is 2.88. The average Bonchev–Trinajstić information content (AvgIpc) is 4.12. The number of esters is 1. The Morgan fingerprint density at radius 1 is 0.391 bits per heavy atom. The van der Waals surface area contributed by atoms with Gasteiger partial charge in [0.25, 0.3) is 0 Å². The highest BCUT2D eigenvalue weighted by Crippen LogP contribution is 2.66. The van der Waals surface area contributed by atoms with Crippen molar-refractivity contribution >= 4 is 76.4 Å². The lowest BCUT2D eigenvalue weighted by Crippen LogP contribution is -2.90. The van der Waals surface area contributed by atoms with Crippen LogP contribution in [0.1, 0.15) is 193 Å². The van der Waals surface area contributed by atoms with Crippen molar-refractivity contribution in [2.45, 2.75) is 238 Å². The molecule has 13 aliphatic rings. The summed E-state index contributed by atoms with van der Waals surface area (Å²) in [6.07, 6.45) is 28.6. The third-order valence-corrected chi connectivity index (χ3v) is 57.3. The van der Waals surface area contributed by atoms with Crippen molar-refractivity contribution in [1.29, 1.82) is 0 Å². The second kappa shape index (κ2) is 17.4.